The number of aliphatic hydroxyl groups is 2. The highest BCUT2D eigenvalue weighted by atomic mass is 32.2. The van der Waals surface area contributed by atoms with Gasteiger partial charge < -0.3 is 29.9 Å². The van der Waals surface area contributed by atoms with Crippen LogP contribution in [0.5, 0.6) is 11.5 Å². The van der Waals surface area contributed by atoms with E-state index in [1.54, 1.807) is 13.2 Å². The van der Waals surface area contributed by atoms with Gasteiger partial charge in [-0.25, -0.2) is 14.8 Å². The van der Waals surface area contributed by atoms with Crippen molar-refractivity contribution in [1.29, 1.82) is 5.41 Å². The zero-order valence-corrected chi connectivity index (χ0v) is 27.1. The number of hydrogen-bond donors (Lipinski definition) is 5. The lowest BCUT2D eigenvalue weighted by Gasteiger charge is -2.34. The first-order chi connectivity index (χ1) is 21.5. The van der Waals surface area contributed by atoms with E-state index in [4.69, 9.17) is 20.0 Å². The van der Waals surface area contributed by atoms with Crippen molar-refractivity contribution >= 4 is 40.2 Å². The van der Waals surface area contributed by atoms with Crippen molar-refractivity contribution in [3.05, 3.63) is 54.6 Å². The van der Waals surface area contributed by atoms with Crippen LogP contribution in [0.2, 0.25) is 0 Å². The molecule has 1 aromatic heterocycles. The number of carbonyl (C=O) groups is 1. The van der Waals surface area contributed by atoms with Crippen molar-refractivity contribution in [3.8, 4) is 11.5 Å². The Morgan fingerprint density at radius 1 is 1.09 bits per heavy atom. The van der Waals surface area contributed by atoms with Gasteiger partial charge in [0.1, 0.15) is 22.9 Å². The number of nitrogens with zero attached hydrogens (tertiary/aromatic N) is 4. The summed E-state index contributed by atoms with van der Waals surface area (Å²) in [5, 5.41) is 33.8. The number of aromatic nitrogens is 2. The molecule has 1 aliphatic rings. The van der Waals surface area contributed by atoms with E-state index in [0.717, 1.165) is 66.5 Å². The van der Waals surface area contributed by atoms with Crippen LogP contribution in [0.4, 0.5) is 10.5 Å². The number of methoxy groups -OCH3 is 1. The number of amidine groups is 1. The summed E-state index contributed by atoms with van der Waals surface area (Å²) in [6.07, 6.45) is 3.62. The molecule has 0 spiro atoms. The lowest BCUT2D eigenvalue weighted by atomic mass is 9.93. The molecule has 2 aromatic carbocycles. The number of benzene rings is 2. The molecular weight excluding hydrogens is 594 g/mol. The van der Waals surface area contributed by atoms with E-state index < -0.39 is 11.4 Å². The van der Waals surface area contributed by atoms with Gasteiger partial charge in [-0.15, -0.1) is 0 Å². The summed E-state index contributed by atoms with van der Waals surface area (Å²) in [5.74, 6) is 1.00. The number of anilines is 1. The summed E-state index contributed by atoms with van der Waals surface area (Å²) in [6, 6.07) is 10.5. The van der Waals surface area contributed by atoms with Crippen LogP contribution >= 0.6 is 11.8 Å². The van der Waals surface area contributed by atoms with E-state index in [1.165, 1.54) is 24.2 Å². The van der Waals surface area contributed by atoms with Gasteiger partial charge in [0, 0.05) is 72.8 Å². The number of aliphatic hydroxyl groups excluding tert-OH is 2. The van der Waals surface area contributed by atoms with Crippen molar-refractivity contribution in [2.24, 2.45) is 5.41 Å². The maximum Gasteiger partial charge on any atom is 0.324 e. The van der Waals surface area contributed by atoms with Crippen LogP contribution in [0.1, 0.15) is 27.2 Å². The summed E-state index contributed by atoms with van der Waals surface area (Å²) >= 11 is 1.42. The van der Waals surface area contributed by atoms with E-state index in [2.05, 4.69) is 30.4 Å². The maximum absolute atomic E-state index is 12.5. The molecule has 0 radical (unpaired) electrons. The zero-order chi connectivity index (χ0) is 32.4. The van der Waals surface area contributed by atoms with Crippen LogP contribution in [0.3, 0.4) is 0 Å². The maximum atomic E-state index is 12.5. The van der Waals surface area contributed by atoms with Gasteiger partial charge in [0.2, 0.25) is 0 Å². The standard InChI is InChI=1S/C32H43N7O5S/c1-32(2,3)28(41)20-29(33)37-31(42)36-22-7-5-8-23(17-22)45-30-24-18-26(43-4)27(19-25(24)34-21-35-30)44-16-6-9-38-10-12-39(13-11-38)14-15-40/h5,7-8,17-21,40-41H,6,9-16H2,1-4H3,(H3,33,36,37,42)/b28-20-. The lowest BCUT2D eigenvalue weighted by Crippen LogP contribution is -2.47. The van der Waals surface area contributed by atoms with Crippen LogP contribution in [0.25, 0.3) is 10.9 Å². The highest BCUT2D eigenvalue weighted by molar-refractivity contribution is 7.99. The molecule has 0 atom stereocenters. The minimum absolute atomic E-state index is 0.000829. The molecule has 3 aromatic rings. The molecule has 2 amide bonds. The van der Waals surface area contributed by atoms with Crippen molar-refractivity contribution < 1.29 is 24.5 Å². The number of allylic oxidation sites excluding steroid dienone is 1. The van der Waals surface area contributed by atoms with Crippen LogP contribution in [0, 0.1) is 10.8 Å². The van der Waals surface area contributed by atoms with Gasteiger partial charge in [-0.3, -0.25) is 15.6 Å². The molecule has 0 saturated carbocycles. The first kappa shape index (κ1) is 34.0. The number of hydrogen-bond acceptors (Lipinski definition) is 11. The highest BCUT2D eigenvalue weighted by Crippen LogP contribution is 2.37. The molecule has 5 N–H and O–H groups in total. The third-order valence-corrected chi connectivity index (χ3v) is 8.25. The average molecular weight is 638 g/mol. The molecule has 1 saturated heterocycles. The summed E-state index contributed by atoms with van der Waals surface area (Å²) in [7, 11) is 1.61. The molecule has 12 nitrogen and oxygen atoms in total. The van der Waals surface area contributed by atoms with E-state index in [-0.39, 0.29) is 18.2 Å². The number of carbonyl (C=O) groups excluding carboxylic acids is 1. The number of urea groups is 1. The molecule has 242 valence electrons. The van der Waals surface area contributed by atoms with Gasteiger partial charge in [0.05, 0.1) is 25.8 Å². The van der Waals surface area contributed by atoms with Crippen LogP contribution < -0.4 is 20.1 Å². The molecule has 4 rings (SSSR count). The largest absolute Gasteiger partial charge is 0.512 e. The predicted molar refractivity (Wildman–Crippen MR) is 177 cm³/mol. The van der Waals surface area contributed by atoms with Gasteiger partial charge in [-0.2, -0.15) is 0 Å². The molecule has 0 aliphatic carbocycles. The van der Waals surface area contributed by atoms with E-state index in [0.29, 0.717) is 23.8 Å². The number of piperazine rings is 1. The molecular formula is C32H43N7O5S. The second-order valence-corrected chi connectivity index (χ2v) is 12.8. The second kappa shape index (κ2) is 15.9. The molecule has 0 unspecified atom stereocenters. The van der Waals surface area contributed by atoms with Crippen LogP contribution in [-0.2, 0) is 0 Å². The predicted octanol–water partition coefficient (Wildman–Crippen LogP) is 4.76. The second-order valence-electron chi connectivity index (χ2n) is 11.7. The van der Waals surface area contributed by atoms with Crippen molar-refractivity contribution in [2.75, 3.05) is 64.9 Å². The number of β-amino-alcohol motifs (C(OH)–C–C–N with tert-alkyl or cyclic N) is 1. The highest BCUT2D eigenvalue weighted by Gasteiger charge is 2.18. The molecule has 2 heterocycles. The number of amides is 2. The van der Waals surface area contributed by atoms with Gasteiger partial charge in [-0.05, 0) is 30.7 Å². The Bertz CT molecular complexity index is 1500. The van der Waals surface area contributed by atoms with Gasteiger partial charge in [0.25, 0.3) is 0 Å². The Labute approximate surface area is 268 Å². The van der Waals surface area contributed by atoms with Gasteiger partial charge in [0.15, 0.2) is 11.5 Å². The normalized spacial score (nSPS) is 14.7. The Morgan fingerprint density at radius 3 is 2.51 bits per heavy atom. The molecule has 13 heteroatoms. The summed E-state index contributed by atoms with van der Waals surface area (Å²) in [5.41, 5.74) is 0.730. The number of ether oxygens (including phenoxy) is 2. The first-order valence-electron chi connectivity index (χ1n) is 14.9. The minimum Gasteiger partial charge on any atom is -0.512 e. The summed E-state index contributed by atoms with van der Waals surface area (Å²) < 4.78 is 11.8. The molecule has 1 aliphatic heterocycles. The lowest BCUT2D eigenvalue weighted by molar-refractivity contribution is 0.108. The monoisotopic (exact) mass is 637 g/mol. The average Bonchev–Trinajstić information content (AvgIpc) is 2.99. The summed E-state index contributed by atoms with van der Waals surface area (Å²) in [6.45, 7) is 11.8. The number of nitrogens with one attached hydrogen (secondary N) is 3. The molecule has 0 bridgehead atoms. The number of rotatable bonds is 12. The topological polar surface area (TPSA) is 156 Å². The quantitative estimate of drug-likeness (QED) is 0.0617. The van der Waals surface area contributed by atoms with Crippen LogP contribution in [0.15, 0.2) is 64.5 Å². The Balaban J connectivity index is 1.36. The Kier molecular flexibility index (Phi) is 12.0. The van der Waals surface area contributed by atoms with Crippen molar-refractivity contribution in [3.63, 3.8) is 0 Å². The SMILES string of the molecule is COc1cc2c(Sc3cccc(NC(=O)NC(=N)/C=C(\O)C(C)(C)C)c3)ncnc2cc1OCCCN1CCN(CCO)CC1. The molecule has 45 heavy (non-hydrogen) atoms. The van der Waals surface area contributed by atoms with E-state index >= 15 is 0 Å². The van der Waals surface area contributed by atoms with E-state index in [1.807, 2.05) is 51.1 Å². The van der Waals surface area contributed by atoms with Crippen LogP contribution in [-0.4, -0.2) is 101 Å². The number of fused-ring (bicyclic) bond motifs is 1. The Morgan fingerprint density at radius 2 is 1.82 bits per heavy atom. The van der Waals surface area contributed by atoms with E-state index in [9.17, 15) is 9.90 Å². The first-order valence-corrected chi connectivity index (χ1v) is 15.7. The Hall–Kier alpha value is -3.91. The summed E-state index contributed by atoms with van der Waals surface area (Å²) in [4.78, 5) is 27.0. The van der Waals surface area contributed by atoms with Gasteiger partial charge >= 0.3 is 6.03 Å². The third-order valence-electron chi connectivity index (χ3n) is 7.25. The minimum atomic E-state index is -0.592. The smallest absolute Gasteiger partial charge is 0.324 e. The molecule has 1 fully saturated rings. The van der Waals surface area contributed by atoms with Gasteiger partial charge in [-0.1, -0.05) is 38.6 Å². The fourth-order valence-corrected chi connectivity index (χ4v) is 5.59. The fraction of sp³-hybridized carbons (Fsp3) is 0.438. The van der Waals surface area contributed by atoms with Crippen molar-refractivity contribution in [1.82, 2.24) is 25.1 Å². The third kappa shape index (κ3) is 10.0. The fourth-order valence-electron chi connectivity index (χ4n) is 4.67. The van der Waals surface area contributed by atoms with Crippen molar-refractivity contribution in [2.45, 2.75) is 37.1 Å². The zero-order valence-electron chi connectivity index (χ0n) is 26.3.